The van der Waals surface area contributed by atoms with Gasteiger partial charge in [-0.15, -0.1) is 0 Å². The minimum atomic E-state index is 0.539. The first-order valence-electron chi connectivity index (χ1n) is 4.65. The van der Waals surface area contributed by atoms with Crippen molar-refractivity contribution in [2.24, 2.45) is 5.92 Å². The molecular weight excluding hydrogens is 138 g/mol. The SMILES string of the molecule is CNC1CCCC(C)C2OC12. The third kappa shape index (κ3) is 1.30. The second-order valence-electron chi connectivity index (χ2n) is 3.87. The smallest absolute Gasteiger partial charge is 0.0996 e. The van der Waals surface area contributed by atoms with E-state index in [1.165, 1.54) is 19.3 Å². The molecule has 0 spiro atoms. The second kappa shape index (κ2) is 2.76. The van der Waals surface area contributed by atoms with Gasteiger partial charge in [-0.3, -0.25) is 0 Å². The molecular formula is C9H17NO. The van der Waals surface area contributed by atoms with Crippen molar-refractivity contribution in [3.63, 3.8) is 0 Å². The number of hydrogen-bond donors (Lipinski definition) is 1. The van der Waals surface area contributed by atoms with Gasteiger partial charge in [0.15, 0.2) is 0 Å². The van der Waals surface area contributed by atoms with E-state index in [2.05, 4.69) is 12.2 Å². The molecule has 2 heteroatoms. The summed E-state index contributed by atoms with van der Waals surface area (Å²) in [6.07, 6.45) is 5.12. The Bertz CT molecular complexity index is 148. The topological polar surface area (TPSA) is 24.6 Å². The summed E-state index contributed by atoms with van der Waals surface area (Å²) in [5.41, 5.74) is 0. The fourth-order valence-corrected chi connectivity index (χ4v) is 2.21. The number of hydrogen-bond acceptors (Lipinski definition) is 2. The van der Waals surface area contributed by atoms with E-state index < -0.39 is 0 Å². The van der Waals surface area contributed by atoms with E-state index in [0.717, 1.165) is 5.92 Å². The normalized spacial score (nSPS) is 49.6. The lowest BCUT2D eigenvalue weighted by atomic mass is 10.0. The number of rotatable bonds is 1. The van der Waals surface area contributed by atoms with Crippen LogP contribution in [-0.2, 0) is 4.74 Å². The number of ether oxygens (including phenoxy) is 1. The molecule has 1 saturated carbocycles. The van der Waals surface area contributed by atoms with Crippen LogP contribution in [0.15, 0.2) is 0 Å². The highest BCUT2D eigenvalue weighted by atomic mass is 16.6. The van der Waals surface area contributed by atoms with E-state index in [4.69, 9.17) is 4.74 Å². The zero-order valence-corrected chi connectivity index (χ0v) is 7.34. The first-order valence-corrected chi connectivity index (χ1v) is 4.65. The van der Waals surface area contributed by atoms with Crippen LogP contribution in [0.2, 0.25) is 0 Å². The maximum atomic E-state index is 5.61. The van der Waals surface area contributed by atoms with E-state index in [-0.39, 0.29) is 0 Å². The van der Waals surface area contributed by atoms with Crippen LogP contribution in [0.25, 0.3) is 0 Å². The number of nitrogens with one attached hydrogen (secondary N) is 1. The average molecular weight is 155 g/mol. The van der Waals surface area contributed by atoms with Crippen molar-refractivity contribution < 1.29 is 4.74 Å². The summed E-state index contributed by atoms with van der Waals surface area (Å²) in [6, 6.07) is 0.630. The Kier molecular flexibility index (Phi) is 1.90. The van der Waals surface area contributed by atoms with E-state index in [9.17, 15) is 0 Å². The van der Waals surface area contributed by atoms with Gasteiger partial charge in [0.25, 0.3) is 0 Å². The van der Waals surface area contributed by atoms with Gasteiger partial charge >= 0.3 is 0 Å². The van der Waals surface area contributed by atoms with E-state index in [1.54, 1.807) is 0 Å². The van der Waals surface area contributed by atoms with Crippen LogP contribution >= 0.6 is 0 Å². The third-order valence-electron chi connectivity index (χ3n) is 3.06. The minimum absolute atomic E-state index is 0.539. The second-order valence-corrected chi connectivity index (χ2v) is 3.87. The highest BCUT2D eigenvalue weighted by Gasteiger charge is 2.48. The van der Waals surface area contributed by atoms with Crippen molar-refractivity contribution in [2.45, 2.75) is 44.4 Å². The zero-order valence-electron chi connectivity index (χ0n) is 7.34. The molecule has 4 atom stereocenters. The van der Waals surface area contributed by atoms with Crippen molar-refractivity contribution in [1.82, 2.24) is 5.32 Å². The molecule has 0 bridgehead atoms. The predicted molar refractivity (Wildman–Crippen MR) is 44.5 cm³/mol. The molecule has 0 amide bonds. The molecule has 1 N–H and O–H groups in total. The van der Waals surface area contributed by atoms with E-state index >= 15 is 0 Å². The maximum absolute atomic E-state index is 5.61. The number of fused-ring (bicyclic) bond motifs is 1. The molecule has 2 fully saturated rings. The Morgan fingerprint density at radius 2 is 2.09 bits per heavy atom. The first kappa shape index (κ1) is 7.56. The van der Waals surface area contributed by atoms with E-state index in [0.29, 0.717) is 18.2 Å². The highest BCUT2D eigenvalue weighted by Crippen LogP contribution is 2.38. The van der Waals surface area contributed by atoms with Crippen LogP contribution in [0.5, 0.6) is 0 Å². The Hall–Kier alpha value is -0.0800. The van der Waals surface area contributed by atoms with Gasteiger partial charge in [0, 0.05) is 6.04 Å². The van der Waals surface area contributed by atoms with Crippen molar-refractivity contribution >= 4 is 0 Å². The lowest BCUT2D eigenvalue weighted by Gasteiger charge is -2.10. The van der Waals surface area contributed by atoms with Crippen LogP contribution in [0.4, 0.5) is 0 Å². The molecule has 0 radical (unpaired) electrons. The molecule has 2 nitrogen and oxygen atoms in total. The molecule has 0 aromatic heterocycles. The Morgan fingerprint density at radius 3 is 2.82 bits per heavy atom. The van der Waals surface area contributed by atoms with Gasteiger partial charge in [0.05, 0.1) is 12.2 Å². The minimum Gasteiger partial charge on any atom is -0.368 e. The fourth-order valence-electron chi connectivity index (χ4n) is 2.21. The summed E-state index contributed by atoms with van der Waals surface area (Å²) in [5.74, 6) is 0.790. The summed E-state index contributed by atoms with van der Waals surface area (Å²) >= 11 is 0. The molecule has 64 valence electrons. The molecule has 1 heterocycles. The first-order chi connectivity index (χ1) is 5.33. The summed E-state index contributed by atoms with van der Waals surface area (Å²) in [6.45, 7) is 2.31. The molecule has 11 heavy (non-hydrogen) atoms. The third-order valence-corrected chi connectivity index (χ3v) is 3.06. The molecule has 0 aromatic carbocycles. The molecule has 1 aliphatic heterocycles. The van der Waals surface area contributed by atoms with Crippen LogP contribution in [0.1, 0.15) is 26.2 Å². The fraction of sp³-hybridized carbons (Fsp3) is 1.00. The lowest BCUT2D eigenvalue weighted by molar-refractivity contribution is 0.272. The van der Waals surface area contributed by atoms with Crippen molar-refractivity contribution in [3.8, 4) is 0 Å². The van der Waals surface area contributed by atoms with Crippen LogP contribution < -0.4 is 5.32 Å². The Labute approximate surface area is 68.3 Å². The summed E-state index contributed by atoms with van der Waals surface area (Å²) in [7, 11) is 2.04. The predicted octanol–water partition coefficient (Wildman–Crippen LogP) is 1.16. The quantitative estimate of drug-likeness (QED) is 0.575. The van der Waals surface area contributed by atoms with Crippen molar-refractivity contribution in [1.29, 1.82) is 0 Å². The summed E-state index contributed by atoms with van der Waals surface area (Å²) in [5, 5.41) is 3.33. The zero-order chi connectivity index (χ0) is 7.84. The Balaban J connectivity index is 1.97. The van der Waals surface area contributed by atoms with Gasteiger partial charge < -0.3 is 10.1 Å². The van der Waals surface area contributed by atoms with E-state index in [1.807, 2.05) is 7.05 Å². The van der Waals surface area contributed by atoms with Gasteiger partial charge in [-0.05, 0) is 25.8 Å². The molecule has 1 saturated heterocycles. The van der Waals surface area contributed by atoms with Crippen molar-refractivity contribution in [2.75, 3.05) is 7.05 Å². The monoisotopic (exact) mass is 155 g/mol. The van der Waals surface area contributed by atoms with Crippen molar-refractivity contribution in [3.05, 3.63) is 0 Å². The maximum Gasteiger partial charge on any atom is 0.0996 e. The van der Waals surface area contributed by atoms with Crippen LogP contribution in [0, 0.1) is 5.92 Å². The van der Waals surface area contributed by atoms with Crippen LogP contribution in [0.3, 0.4) is 0 Å². The highest BCUT2D eigenvalue weighted by molar-refractivity contribution is 4.98. The average Bonchev–Trinajstić information content (AvgIpc) is 2.74. The van der Waals surface area contributed by atoms with Gasteiger partial charge in [-0.1, -0.05) is 13.3 Å². The van der Waals surface area contributed by atoms with Gasteiger partial charge in [0.2, 0.25) is 0 Å². The number of likely N-dealkylation sites (N-methyl/N-ethyl adjacent to an activating group) is 1. The molecule has 2 aliphatic rings. The molecule has 2 rings (SSSR count). The van der Waals surface area contributed by atoms with Crippen LogP contribution in [-0.4, -0.2) is 25.3 Å². The standard InChI is InChI=1S/C9H17NO/c1-6-4-3-5-7(10-2)9-8(6)11-9/h6-10H,3-5H2,1-2H3. The molecule has 1 aliphatic carbocycles. The summed E-state index contributed by atoms with van der Waals surface area (Å²) in [4.78, 5) is 0. The lowest BCUT2D eigenvalue weighted by Crippen LogP contribution is -2.31. The Morgan fingerprint density at radius 1 is 1.27 bits per heavy atom. The van der Waals surface area contributed by atoms with Gasteiger partial charge in [-0.25, -0.2) is 0 Å². The largest absolute Gasteiger partial charge is 0.368 e. The van der Waals surface area contributed by atoms with Gasteiger partial charge in [-0.2, -0.15) is 0 Å². The summed E-state index contributed by atoms with van der Waals surface area (Å²) < 4.78 is 5.61. The van der Waals surface area contributed by atoms with Gasteiger partial charge in [0.1, 0.15) is 0 Å². The molecule has 0 aromatic rings. The molecule has 4 unspecified atom stereocenters. The number of epoxide rings is 1.